The molecule has 0 aliphatic carbocycles. The smallest absolute Gasteiger partial charge is 0.397 e. The molecular formula is C21H13F5N4O. The lowest BCUT2D eigenvalue weighted by Crippen LogP contribution is -2.15. The summed E-state index contributed by atoms with van der Waals surface area (Å²) >= 11 is 0. The molecule has 0 bridgehead atoms. The Bertz CT molecular complexity index is 1300. The van der Waals surface area contributed by atoms with E-state index in [9.17, 15) is 26.7 Å². The van der Waals surface area contributed by atoms with Crippen LogP contribution in [0.15, 0.2) is 60.7 Å². The van der Waals surface area contributed by atoms with E-state index >= 15 is 0 Å². The molecule has 1 heterocycles. The van der Waals surface area contributed by atoms with E-state index in [4.69, 9.17) is 5.73 Å². The van der Waals surface area contributed by atoms with E-state index in [2.05, 4.69) is 10.3 Å². The summed E-state index contributed by atoms with van der Waals surface area (Å²) in [6.45, 7) is 0. The molecule has 4 aromatic rings. The van der Waals surface area contributed by atoms with E-state index in [0.717, 1.165) is 16.7 Å². The van der Waals surface area contributed by atoms with Gasteiger partial charge in [-0.3, -0.25) is 9.36 Å². The number of anilines is 2. The van der Waals surface area contributed by atoms with Crippen LogP contribution in [0.5, 0.6) is 0 Å². The molecule has 0 atom stereocenters. The van der Waals surface area contributed by atoms with Gasteiger partial charge in [-0.2, -0.15) is 13.2 Å². The highest BCUT2D eigenvalue weighted by atomic mass is 19.4. The molecule has 3 N–H and O–H groups in total. The molecule has 31 heavy (non-hydrogen) atoms. The largest absolute Gasteiger partial charge is 0.450 e. The van der Waals surface area contributed by atoms with Gasteiger partial charge in [-0.1, -0.05) is 12.1 Å². The average molecular weight is 432 g/mol. The number of hydrogen-bond donors (Lipinski definition) is 2. The molecule has 0 unspecified atom stereocenters. The molecule has 3 aromatic carbocycles. The summed E-state index contributed by atoms with van der Waals surface area (Å²) < 4.78 is 68.7. The topological polar surface area (TPSA) is 72.9 Å². The molecule has 158 valence electrons. The van der Waals surface area contributed by atoms with Crippen LogP contribution in [0, 0.1) is 11.6 Å². The molecule has 0 radical (unpaired) electrons. The maximum Gasteiger partial charge on any atom is 0.450 e. The number of nitrogen functional groups attached to an aromatic ring is 1. The molecule has 4 rings (SSSR count). The maximum atomic E-state index is 13.8. The lowest BCUT2D eigenvalue weighted by atomic mass is 10.2. The van der Waals surface area contributed by atoms with Crippen LogP contribution in [0.3, 0.4) is 0 Å². The fraction of sp³-hybridized carbons (Fsp3) is 0.0476. The number of nitrogens with zero attached hydrogens (tertiary/aromatic N) is 2. The van der Waals surface area contributed by atoms with Gasteiger partial charge in [0.25, 0.3) is 5.91 Å². The highest BCUT2D eigenvalue weighted by molar-refractivity contribution is 6.04. The van der Waals surface area contributed by atoms with Gasteiger partial charge in [0.05, 0.1) is 16.8 Å². The van der Waals surface area contributed by atoms with Crippen molar-refractivity contribution in [3.05, 3.63) is 83.7 Å². The number of fused-ring (bicyclic) bond motifs is 1. The third-order valence-electron chi connectivity index (χ3n) is 4.55. The Morgan fingerprint density at radius 1 is 0.968 bits per heavy atom. The van der Waals surface area contributed by atoms with Crippen LogP contribution in [-0.4, -0.2) is 15.5 Å². The Hall–Kier alpha value is -3.95. The maximum absolute atomic E-state index is 13.8. The minimum Gasteiger partial charge on any atom is -0.397 e. The first-order chi connectivity index (χ1) is 14.7. The van der Waals surface area contributed by atoms with Crippen molar-refractivity contribution in [1.29, 1.82) is 0 Å². The number of hydrogen-bond acceptors (Lipinski definition) is 3. The summed E-state index contributed by atoms with van der Waals surface area (Å²) in [5.74, 6) is -4.52. The number of imidazole rings is 1. The van der Waals surface area contributed by atoms with E-state index in [-0.39, 0.29) is 28.1 Å². The Kier molecular flexibility index (Phi) is 4.84. The van der Waals surface area contributed by atoms with Crippen LogP contribution >= 0.6 is 0 Å². The van der Waals surface area contributed by atoms with Crippen LogP contribution < -0.4 is 11.1 Å². The summed E-state index contributed by atoms with van der Waals surface area (Å²) in [5, 5.41) is 2.38. The van der Waals surface area contributed by atoms with Crippen molar-refractivity contribution >= 4 is 28.3 Å². The van der Waals surface area contributed by atoms with Crippen LogP contribution in [-0.2, 0) is 6.18 Å². The summed E-state index contributed by atoms with van der Waals surface area (Å²) in [6.07, 6.45) is -4.74. The number of nitrogens with one attached hydrogen (secondary N) is 1. The van der Waals surface area contributed by atoms with E-state index in [1.807, 2.05) is 0 Å². The first-order valence-corrected chi connectivity index (χ1v) is 8.87. The number of nitrogens with two attached hydrogens (primary N) is 1. The number of aromatic nitrogens is 2. The molecule has 0 saturated heterocycles. The highest BCUT2D eigenvalue weighted by Crippen LogP contribution is 2.35. The summed E-state index contributed by atoms with van der Waals surface area (Å²) in [7, 11) is 0. The average Bonchev–Trinajstić information content (AvgIpc) is 3.12. The number of benzene rings is 3. The third-order valence-corrected chi connectivity index (χ3v) is 4.55. The van der Waals surface area contributed by atoms with Crippen molar-refractivity contribution in [3.63, 3.8) is 0 Å². The number of para-hydroxylation sites is 1. The number of rotatable bonds is 3. The number of alkyl halides is 3. The zero-order chi connectivity index (χ0) is 22.3. The van der Waals surface area contributed by atoms with E-state index in [1.165, 1.54) is 48.5 Å². The first-order valence-electron chi connectivity index (χ1n) is 8.87. The fourth-order valence-electron chi connectivity index (χ4n) is 3.14. The van der Waals surface area contributed by atoms with Gasteiger partial charge in [0.2, 0.25) is 5.82 Å². The lowest BCUT2D eigenvalue weighted by Gasteiger charge is -2.12. The summed E-state index contributed by atoms with van der Waals surface area (Å²) in [6, 6.07) is 12.9. The molecule has 1 amide bonds. The standard InChI is InChI=1S/C21H13F5N4O/c22-14-4-1-3-13(17(14)23)19(31)28-11-7-9-12(10-8-11)30-16-6-2-5-15(27)18(16)29-20(30)21(24,25)26/h1-10H,27H2,(H,28,31). The molecule has 0 aliphatic heterocycles. The predicted molar refractivity (Wildman–Crippen MR) is 105 cm³/mol. The normalized spacial score (nSPS) is 11.6. The van der Waals surface area contributed by atoms with Crippen molar-refractivity contribution < 1.29 is 26.7 Å². The quantitative estimate of drug-likeness (QED) is 0.347. The van der Waals surface area contributed by atoms with Crippen LogP contribution in [0.4, 0.5) is 33.3 Å². The SMILES string of the molecule is Nc1cccc2c1nc(C(F)(F)F)n2-c1ccc(NC(=O)c2cccc(F)c2F)cc1. The zero-order valence-electron chi connectivity index (χ0n) is 15.5. The van der Waals surface area contributed by atoms with Crippen molar-refractivity contribution in [2.45, 2.75) is 6.18 Å². The second-order valence-electron chi connectivity index (χ2n) is 6.59. The van der Waals surface area contributed by atoms with Gasteiger partial charge in [-0.25, -0.2) is 13.8 Å². The van der Waals surface area contributed by atoms with Gasteiger partial charge in [-0.15, -0.1) is 0 Å². The molecule has 0 spiro atoms. The number of carbonyl (C=O) groups excluding carboxylic acids is 1. The fourth-order valence-corrected chi connectivity index (χ4v) is 3.14. The first kappa shape index (κ1) is 20.3. The minimum absolute atomic E-state index is 0.00813. The van der Waals surface area contributed by atoms with Gasteiger partial charge in [0.1, 0.15) is 5.52 Å². The van der Waals surface area contributed by atoms with Crippen LogP contribution in [0.1, 0.15) is 16.2 Å². The van der Waals surface area contributed by atoms with Gasteiger partial charge in [0.15, 0.2) is 11.6 Å². The molecule has 0 fully saturated rings. The van der Waals surface area contributed by atoms with Crippen molar-refractivity contribution in [3.8, 4) is 5.69 Å². The lowest BCUT2D eigenvalue weighted by molar-refractivity contribution is -0.145. The second-order valence-corrected chi connectivity index (χ2v) is 6.59. The monoisotopic (exact) mass is 432 g/mol. The van der Waals surface area contributed by atoms with E-state index in [0.29, 0.717) is 0 Å². The second kappa shape index (κ2) is 7.38. The predicted octanol–water partition coefficient (Wildman–Crippen LogP) is 5.16. The van der Waals surface area contributed by atoms with Gasteiger partial charge in [-0.05, 0) is 48.5 Å². The number of carbonyl (C=O) groups is 1. The van der Waals surface area contributed by atoms with Crippen LogP contribution in [0.25, 0.3) is 16.7 Å². The summed E-state index contributed by atoms with van der Waals surface area (Å²) in [4.78, 5) is 15.9. The Morgan fingerprint density at radius 2 is 1.65 bits per heavy atom. The van der Waals surface area contributed by atoms with Gasteiger partial charge in [0, 0.05) is 11.4 Å². The molecule has 0 aliphatic rings. The van der Waals surface area contributed by atoms with Gasteiger partial charge < -0.3 is 11.1 Å². The third kappa shape index (κ3) is 3.67. The molecular weight excluding hydrogens is 419 g/mol. The number of amides is 1. The highest BCUT2D eigenvalue weighted by Gasteiger charge is 2.38. The number of halogens is 5. The van der Waals surface area contributed by atoms with Crippen molar-refractivity contribution in [2.75, 3.05) is 11.1 Å². The molecule has 0 saturated carbocycles. The van der Waals surface area contributed by atoms with E-state index < -0.39 is 35.1 Å². The van der Waals surface area contributed by atoms with Crippen LogP contribution in [0.2, 0.25) is 0 Å². The summed E-state index contributed by atoms with van der Waals surface area (Å²) in [5.41, 5.74) is 5.83. The Morgan fingerprint density at radius 3 is 2.32 bits per heavy atom. The van der Waals surface area contributed by atoms with Crippen molar-refractivity contribution in [1.82, 2.24) is 9.55 Å². The molecule has 5 nitrogen and oxygen atoms in total. The molecule has 1 aromatic heterocycles. The molecule has 10 heteroatoms. The zero-order valence-corrected chi connectivity index (χ0v) is 15.5. The minimum atomic E-state index is -4.74. The van der Waals surface area contributed by atoms with E-state index in [1.54, 1.807) is 0 Å². The van der Waals surface area contributed by atoms with Crippen molar-refractivity contribution in [2.24, 2.45) is 0 Å². The Balaban J connectivity index is 1.71. The van der Waals surface area contributed by atoms with Gasteiger partial charge >= 0.3 is 6.18 Å². The Labute approximate surface area is 171 Å².